The molecule has 1 aliphatic carbocycles. The Morgan fingerprint density at radius 1 is 0.767 bits per heavy atom. The van der Waals surface area contributed by atoms with Gasteiger partial charge in [0, 0.05) is 21.2 Å². The van der Waals surface area contributed by atoms with Crippen LogP contribution < -0.4 is 0 Å². The summed E-state index contributed by atoms with van der Waals surface area (Å²) in [4.78, 5) is 5.56. The van der Waals surface area contributed by atoms with Crippen LogP contribution in [-0.2, 0) is 0 Å². The molecule has 4 rings (SSSR count). The van der Waals surface area contributed by atoms with E-state index in [9.17, 15) is 5.11 Å². The Labute approximate surface area is 172 Å². The quantitative estimate of drug-likeness (QED) is 0.275. The van der Waals surface area contributed by atoms with Gasteiger partial charge in [-0.2, -0.15) is 0 Å². The van der Waals surface area contributed by atoms with E-state index in [4.69, 9.17) is 11.1 Å². The first kappa shape index (κ1) is 19.1. The molecule has 0 amide bonds. The first-order valence-electron chi connectivity index (χ1n) is 9.21. The summed E-state index contributed by atoms with van der Waals surface area (Å²) in [6.45, 7) is 0. The predicted molar refractivity (Wildman–Crippen MR) is 118 cm³/mol. The molecular weight excluding hydrogens is 376 g/mol. The van der Waals surface area contributed by atoms with Crippen molar-refractivity contribution in [3.63, 3.8) is 0 Å². The molecule has 0 aliphatic heterocycles. The van der Waals surface area contributed by atoms with Gasteiger partial charge in [0.15, 0.2) is 0 Å². The molecule has 0 radical (unpaired) electrons. The van der Waals surface area contributed by atoms with Crippen LogP contribution in [0.1, 0.15) is 28.4 Å². The fraction of sp³-hybridized carbons (Fsp3) is 0.0435. The lowest BCUT2D eigenvalue weighted by molar-refractivity contribution is 0.238. The summed E-state index contributed by atoms with van der Waals surface area (Å²) in [6, 6.07) is 22.1. The van der Waals surface area contributed by atoms with Crippen LogP contribution in [0.4, 0.5) is 11.4 Å². The van der Waals surface area contributed by atoms with Crippen LogP contribution in [0.25, 0.3) is 38.1 Å². The Morgan fingerprint density at radius 3 is 1.93 bits per heavy atom. The minimum atomic E-state index is -0.815. The molecule has 1 aliphatic rings. The lowest BCUT2D eigenvalue weighted by Crippen LogP contribution is -1.99. The number of hydrogen-bond acceptors (Lipinski definition) is 3. The molecular formula is C23H16N6O. The average Bonchev–Trinajstić information content (AvgIpc) is 3.14. The van der Waals surface area contributed by atoms with E-state index in [1.807, 2.05) is 48.6 Å². The topological polar surface area (TPSA) is 118 Å². The van der Waals surface area contributed by atoms with Gasteiger partial charge in [-0.25, -0.2) is 0 Å². The van der Waals surface area contributed by atoms with Crippen molar-refractivity contribution in [2.24, 2.45) is 10.2 Å². The summed E-state index contributed by atoms with van der Waals surface area (Å²) < 4.78 is 0. The number of hydrogen-bond donors (Lipinski definition) is 1. The monoisotopic (exact) mass is 392 g/mol. The van der Waals surface area contributed by atoms with Gasteiger partial charge < -0.3 is 5.11 Å². The van der Waals surface area contributed by atoms with Crippen LogP contribution >= 0.6 is 0 Å². The Balaban J connectivity index is 1.71. The predicted octanol–water partition coefficient (Wildman–Crippen LogP) is 7.24. The van der Waals surface area contributed by atoms with E-state index in [0.29, 0.717) is 16.9 Å². The Bertz CT molecular complexity index is 1250. The fourth-order valence-electron chi connectivity index (χ4n) is 3.48. The third kappa shape index (κ3) is 3.81. The number of allylic oxidation sites excluding steroid dienone is 2. The SMILES string of the molecule is [N-]=[N+]=Nc1ccc(/C=C2\C=C(C(O)c3ccc(N=[N+]=[N-])cc3)c3ccccc32)cc1. The number of aliphatic hydroxyl groups is 1. The number of aliphatic hydroxyl groups excluding tert-OH is 1. The number of nitrogens with zero attached hydrogens (tertiary/aromatic N) is 6. The van der Waals surface area contributed by atoms with Crippen molar-refractivity contribution in [2.75, 3.05) is 0 Å². The molecule has 0 aromatic heterocycles. The molecule has 144 valence electrons. The van der Waals surface area contributed by atoms with Crippen LogP contribution in [0.3, 0.4) is 0 Å². The molecule has 7 heteroatoms. The van der Waals surface area contributed by atoms with Crippen molar-refractivity contribution in [1.82, 2.24) is 0 Å². The van der Waals surface area contributed by atoms with Crippen molar-refractivity contribution < 1.29 is 5.11 Å². The highest BCUT2D eigenvalue weighted by Gasteiger charge is 2.24. The highest BCUT2D eigenvalue weighted by Crippen LogP contribution is 2.42. The minimum Gasteiger partial charge on any atom is -0.384 e. The molecule has 0 saturated heterocycles. The zero-order valence-corrected chi connectivity index (χ0v) is 15.8. The molecule has 1 unspecified atom stereocenters. The van der Waals surface area contributed by atoms with E-state index in [1.165, 1.54) is 0 Å². The molecule has 1 atom stereocenters. The first-order chi connectivity index (χ1) is 14.7. The summed E-state index contributed by atoms with van der Waals surface area (Å²) in [5.41, 5.74) is 23.6. The molecule has 7 nitrogen and oxygen atoms in total. The highest BCUT2D eigenvalue weighted by atomic mass is 16.3. The minimum absolute atomic E-state index is 0.499. The molecule has 0 spiro atoms. The van der Waals surface area contributed by atoms with Crippen LogP contribution in [-0.4, -0.2) is 5.11 Å². The summed E-state index contributed by atoms with van der Waals surface area (Å²) in [7, 11) is 0. The summed E-state index contributed by atoms with van der Waals surface area (Å²) in [5.74, 6) is 0. The summed E-state index contributed by atoms with van der Waals surface area (Å²) in [5, 5.41) is 18.2. The number of fused-ring (bicyclic) bond motifs is 1. The van der Waals surface area contributed by atoms with Gasteiger partial charge in [0.2, 0.25) is 0 Å². The van der Waals surface area contributed by atoms with E-state index in [2.05, 4.69) is 20.1 Å². The Hall–Kier alpha value is -4.28. The smallest absolute Gasteiger partial charge is 0.105 e. The zero-order chi connectivity index (χ0) is 20.9. The molecule has 3 aromatic rings. The van der Waals surface area contributed by atoms with Crippen LogP contribution in [0.5, 0.6) is 0 Å². The number of azide groups is 2. The maximum absolute atomic E-state index is 11.0. The van der Waals surface area contributed by atoms with Crippen LogP contribution in [0.2, 0.25) is 0 Å². The molecule has 0 heterocycles. The van der Waals surface area contributed by atoms with Gasteiger partial charge in [-0.05, 0) is 56.6 Å². The van der Waals surface area contributed by atoms with Crippen molar-refractivity contribution in [2.45, 2.75) is 6.10 Å². The molecule has 0 fully saturated rings. The highest BCUT2D eigenvalue weighted by molar-refractivity contribution is 6.02. The molecule has 1 N–H and O–H groups in total. The van der Waals surface area contributed by atoms with Gasteiger partial charge in [0.25, 0.3) is 0 Å². The second kappa shape index (κ2) is 8.39. The zero-order valence-electron chi connectivity index (χ0n) is 15.8. The second-order valence-corrected chi connectivity index (χ2v) is 6.71. The maximum atomic E-state index is 11.0. The van der Waals surface area contributed by atoms with Gasteiger partial charge in [0.05, 0.1) is 0 Å². The summed E-state index contributed by atoms with van der Waals surface area (Å²) in [6.07, 6.45) is 3.20. The lowest BCUT2D eigenvalue weighted by Gasteiger charge is -2.14. The van der Waals surface area contributed by atoms with Crippen molar-refractivity contribution in [3.8, 4) is 0 Å². The van der Waals surface area contributed by atoms with Gasteiger partial charge in [0.1, 0.15) is 6.10 Å². The lowest BCUT2D eigenvalue weighted by atomic mass is 9.96. The van der Waals surface area contributed by atoms with E-state index < -0.39 is 6.10 Å². The maximum Gasteiger partial charge on any atom is 0.105 e. The standard InChI is InChI=1S/C23H16N6O/c24-28-26-18-9-5-15(6-10-18)13-17-14-22(21-4-2-1-3-20(17)21)23(30)16-7-11-19(12-8-16)27-29-25/h1-14,23,30H/b17-13+. The first-order valence-corrected chi connectivity index (χ1v) is 9.21. The van der Waals surface area contributed by atoms with E-state index in [-0.39, 0.29) is 0 Å². The normalized spacial score (nSPS) is 14.3. The van der Waals surface area contributed by atoms with Crippen molar-refractivity contribution in [3.05, 3.63) is 122 Å². The Morgan fingerprint density at radius 2 is 1.33 bits per heavy atom. The fourth-order valence-corrected chi connectivity index (χ4v) is 3.48. The van der Waals surface area contributed by atoms with Gasteiger partial charge >= 0.3 is 0 Å². The largest absolute Gasteiger partial charge is 0.384 e. The number of rotatable bonds is 5. The Kier molecular flexibility index (Phi) is 5.33. The number of benzene rings is 3. The van der Waals surface area contributed by atoms with Crippen LogP contribution in [0.15, 0.2) is 89.1 Å². The molecule has 30 heavy (non-hydrogen) atoms. The van der Waals surface area contributed by atoms with E-state index >= 15 is 0 Å². The molecule has 3 aromatic carbocycles. The van der Waals surface area contributed by atoms with Crippen molar-refractivity contribution in [1.29, 1.82) is 0 Å². The van der Waals surface area contributed by atoms with Gasteiger partial charge in [-0.3, -0.25) is 0 Å². The summed E-state index contributed by atoms with van der Waals surface area (Å²) >= 11 is 0. The average molecular weight is 392 g/mol. The second-order valence-electron chi connectivity index (χ2n) is 6.71. The third-order valence-corrected chi connectivity index (χ3v) is 4.90. The van der Waals surface area contributed by atoms with Gasteiger partial charge in [-0.1, -0.05) is 83.0 Å². The molecule has 0 bridgehead atoms. The van der Waals surface area contributed by atoms with Gasteiger partial charge in [-0.15, -0.1) is 0 Å². The van der Waals surface area contributed by atoms with Crippen LogP contribution in [0, 0.1) is 0 Å². The van der Waals surface area contributed by atoms with E-state index in [1.54, 1.807) is 36.4 Å². The molecule has 0 saturated carbocycles. The van der Waals surface area contributed by atoms with Crippen molar-refractivity contribution >= 4 is 28.6 Å². The van der Waals surface area contributed by atoms with E-state index in [0.717, 1.165) is 27.8 Å². The third-order valence-electron chi connectivity index (χ3n) is 4.90.